The Kier molecular flexibility index (Phi) is 6.03. The minimum atomic E-state index is -4.21. The normalized spacial score (nSPS) is 20.9. The number of hydrogen-bond donors (Lipinski definition) is 1. The number of nitrogens with zero attached hydrogens (tertiary/aromatic N) is 5. The minimum Gasteiger partial charge on any atom is -0.335 e. The van der Waals surface area contributed by atoms with Gasteiger partial charge in [0.1, 0.15) is 12.7 Å². The molecule has 24 heavy (non-hydrogen) atoms. The molecule has 2 amide bonds. The third-order valence-electron chi connectivity index (χ3n) is 4.06. The highest BCUT2D eigenvalue weighted by molar-refractivity contribution is 5.74. The average molecular weight is 348 g/mol. The largest absolute Gasteiger partial charge is 0.401 e. The molecule has 1 saturated heterocycles. The number of carbonyl (C=O) groups is 1. The van der Waals surface area contributed by atoms with Crippen LogP contribution in [0.5, 0.6) is 0 Å². The summed E-state index contributed by atoms with van der Waals surface area (Å²) in [4.78, 5) is 19.0. The molecule has 1 N–H and O–H groups in total. The number of halogens is 3. The van der Waals surface area contributed by atoms with Gasteiger partial charge in [0.05, 0.1) is 6.54 Å². The summed E-state index contributed by atoms with van der Waals surface area (Å²) in [5.41, 5.74) is 0. The number of nitrogens with one attached hydrogen (secondary N) is 1. The molecule has 2 heterocycles. The van der Waals surface area contributed by atoms with Crippen LogP contribution in [0.25, 0.3) is 0 Å². The highest BCUT2D eigenvalue weighted by atomic mass is 19.4. The average Bonchev–Trinajstić information content (AvgIpc) is 2.99. The van der Waals surface area contributed by atoms with Gasteiger partial charge in [-0.15, -0.1) is 0 Å². The first-order chi connectivity index (χ1) is 11.2. The third-order valence-corrected chi connectivity index (χ3v) is 4.06. The molecule has 0 spiro atoms. The van der Waals surface area contributed by atoms with E-state index in [0.29, 0.717) is 19.5 Å². The second-order valence-electron chi connectivity index (χ2n) is 6.18. The quantitative estimate of drug-likeness (QED) is 0.872. The molecule has 10 heteroatoms. The maximum absolute atomic E-state index is 12.5. The molecule has 0 bridgehead atoms. The smallest absolute Gasteiger partial charge is 0.335 e. The van der Waals surface area contributed by atoms with E-state index < -0.39 is 12.7 Å². The van der Waals surface area contributed by atoms with Gasteiger partial charge in [-0.3, -0.25) is 9.58 Å². The van der Waals surface area contributed by atoms with E-state index >= 15 is 0 Å². The van der Waals surface area contributed by atoms with Crippen molar-refractivity contribution in [3.63, 3.8) is 0 Å². The summed E-state index contributed by atoms with van der Waals surface area (Å²) < 4.78 is 39.2. The van der Waals surface area contributed by atoms with Crippen LogP contribution in [-0.4, -0.2) is 75.0 Å². The zero-order valence-electron chi connectivity index (χ0n) is 13.8. The van der Waals surface area contributed by atoms with E-state index in [0.717, 1.165) is 0 Å². The second kappa shape index (κ2) is 7.82. The van der Waals surface area contributed by atoms with Crippen LogP contribution in [0, 0.1) is 0 Å². The topological polar surface area (TPSA) is 66.3 Å². The monoisotopic (exact) mass is 348 g/mol. The molecule has 1 aromatic heterocycles. The summed E-state index contributed by atoms with van der Waals surface area (Å²) in [6, 6.07) is -0.624. The van der Waals surface area contributed by atoms with Crippen molar-refractivity contribution in [2.75, 3.05) is 26.2 Å². The Balaban J connectivity index is 1.75. The standard InChI is InChI=1S/C14H23F3N6O/c1-11(3-4-23-10-18-9-19-23)20-13(24)21-5-6-22(12(2)7-21)8-14(15,16)17/h9-12H,3-8H2,1-2H3,(H,20,24)/t11-,12-/m1/s1. The molecule has 0 aliphatic carbocycles. The Morgan fingerprint density at radius 3 is 2.75 bits per heavy atom. The summed E-state index contributed by atoms with van der Waals surface area (Å²) in [6.07, 6.45) is -0.464. The summed E-state index contributed by atoms with van der Waals surface area (Å²) in [7, 11) is 0. The number of aromatic nitrogens is 3. The number of aryl methyl sites for hydroxylation is 1. The lowest BCUT2D eigenvalue weighted by atomic mass is 10.2. The van der Waals surface area contributed by atoms with Crippen LogP contribution in [-0.2, 0) is 6.54 Å². The lowest BCUT2D eigenvalue weighted by Crippen LogP contribution is -2.58. The van der Waals surface area contributed by atoms with Crippen LogP contribution in [0.15, 0.2) is 12.7 Å². The molecule has 0 radical (unpaired) electrons. The van der Waals surface area contributed by atoms with Crippen LogP contribution < -0.4 is 5.32 Å². The van der Waals surface area contributed by atoms with Crippen molar-refractivity contribution < 1.29 is 18.0 Å². The van der Waals surface area contributed by atoms with Crippen LogP contribution in [0.1, 0.15) is 20.3 Å². The van der Waals surface area contributed by atoms with Crippen molar-refractivity contribution >= 4 is 6.03 Å². The fraction of sp³-hybridized carbons (Fsp3) is 0.786. The Morgan fingerprint density at radius 2 is 2.17 bits per heavy atom. The molecule has 1 aliphatic rings. The van der Waals surface area contributed by atoms with Crippen molar-refractivity contribution in [1.29, 1.82) is 0 Å². The molecule has 7 nitrogen and oxygen atoms in total. The van der Waals surface area contributed by atoms with Gasteiger partial charge >= 0.3 is 12.2 Å². The predicted octanol–water partition coefficient (Wildman–Crippen LogP) is 1.33. The van der Waals surface area contributed by atoms with Gasteiger partial charge in [-0.25, -0.2) is 9.78 Å². The molecule has 1 aliphatic heterocycles. The van der Waals surface area contributed by atoms with Gasteiger partial charge in [-0.2, -0.15) is 18.3 Å². The fourth-order valence-corrected chi connectivity index (χ4v) is 2.69. The number of amides is 2. The Hall–Kier alpha value is -1.84. The van der Waals surface area contributed by atoms with Gasteiger partial charge in [0.25, 0.3) is 0 Å². The maximum Gasteiger partial charge on any atom is 0.401 e. The van der Waals surface area contributed by atoms with E-state index in [1.54, 1.807) is 22.8 Å². The summed E-state index contributed by atoms with van der Waals surface area (Å²) in [5, 5.41) is 6.87. The Labute approximate surface area is 138 Å². The first-order valence-electron chi connectivity index (χ1n) is 7.93. The van der Waals surface area contributed by atoms with Crippen molar-refractivity contribution in [3.8, 4) is 0 Å². The molecule has 1 fully saturated rings. The Bertz CT molecular complexity index is 521. The van der Waals surface area contributed by atoms with E-state index in [1.807, 2.05) is 6.92 Å². The fourth-order valence-electron chi connectivity index (χ4n) is 2.69. The first-order valence-corrected chi connectivity index (χ1v) is 7.93. The summed E-state index contributed by atoms with van der Waals surface area (Å²) in [5.74, 6) is 0. The van der Waals surface area contributed by atoms with Crippen LogP contribution in [0.4, 0.5) is 18.0 Å². The zero-order valence-corrected chi connectivity index (χ0v) is 13.8. The number of carbonyl (C=O) groups excluding carboxylic acids is 1. The third kappa shape index (κ3) is 5.66. The van der Waals surface area contributed by atoms with Gasteiger partial charge in [0, 0.05) is 38.3 Å². The zero-order chi connectivity index (χ0) is 17.7. The molecule has 0 unspecified atom stereocenters. The molecular formula is C14H23F3N6O. The molecule has 0 aromatic carbocycles. The van der Waals surface area contributed by atoms with Crippen molar-refractivity contribution in [2.24, 2.45) is 0 Å². The van der Waals surface area contributed by atoms with E-state index in [1.165, 1.54) is 11.2 Å². The lowest BCUT2D eigenvalue weighted by molar-refractivity contribution is -0.153. The van der Waals surface area contributed by atoms with E-state index in [4.69, 9.17) is 0 Å². The number of piperazine rings is 1. The first kappa shape index (κ1) is 18.5. The SMILES string of the molecule is C[C@H](CCn1cncn1)NC(=O)N1CCN(CC(F)(F)F)[C@H](C)C1. The minimum absolute atomic E-state index is 0.0646. The molecule has 2 atom stereocenters. The lowest BCUT2D eigenvalue weighted by Gasteiger charge is -2.40. The van der Waals surface area contributed by atoms with Gasteiger partial charge in [0.15, 0.2) is 0 Å². The highest BCUT2D eigenvalue weighted by Gasteiger charge is 2.36. The molecule has 136 valence electrons. The Morgan fingerprint density at radius 1 is 1.42 bits per heavy atom. The van der Waals surface area contributed by atoms with Crippen molar-refractivity contribution in [2.45, 2.75) is 45.1 Å². The van der Waals surface area contributed by atoms with Gasteiger partial charge in [0.2, 0.25) is 0 Å². The molecule has 0 saturated carbocycles. The number of hydrogen-bond acceptors (Lipinski definition) is 4. The summed E-state index contributed by atoms with van der Waals surface area (Å²) in [6.45, 7) is 4.10. The second-order valence-corrected chi connectivity index (χ2v) is 6.18. The van der Waals surface area contributed by atoms with Gasteiger partial charge in [-0.1, -0.05) is 0 Å². The van der Waals surface area contributed by atoms with E-state index in [9.17, 15) is 18.0 Å². The van der Waals surface area contributed by atoms with Gasteiger partial charge < -0.3 is 10.2 Å². The van der Waals surface area contributed by atoms with Crippen LogP contribution >= 0.6 is 0 Å². The summed E-state index contributed by atoms with van der Waals surface area (Å²) >= 11 is 0. The van der Waals surface area contributed by atoms with E-state index in [-0.39, 0.29) is 31.2 Å². The van der Waals surface area contributed by atoms with Crippen molar-refractivity contribution in [1.82, 2.24) is 29.9 Å². The van der Waals surface area contributed by atoms with E-state index in [2.05, 4.69) is 15.4 Å². The highest BCUT2D eigenvalue weighted by Crippen LogP contribution is 2.20. The molecule has 1 aromatic rings. The molecular weight excluding hydrogens is 325 g/mol. The maximum atomic E-state index is 12.5. The predicted molar refractivity (Wildman–Crippen MR) is 81.3 cm³/mol. The number of rotatable bonds is 5. The molecule has 2 rings (SSSR count). The van der Waals surface area contributed by atoms with Crippen LogP contribution in [0.3, 0.4) is 0 Å². The van der Waals surface area contributed by atoms with Crippen molar-refractivity contribution in [3.05, 3.63) is 12.7 Å². The van der Waals surface area contributed by atoms with Crippen LogP contribution in [0.2, 0.25) is 0 Å². The number of urea groups is 1. The number of alkyl halides is 3. The van der Waals surface area contributed by atoms with Gasteiger partial charge in [-0.05, 0) is 20.3 Å².